The molecule has 2 unspecified atom stereocenters. The molecule has 0 aromatic heterocycles. The number of amides is 2. The van der Waals surface area contributed by atoms with E-state index in [1.54, 1.807) is 21.2 Å². The Morgan fingerprint density at radius 3 is 2.64 bits per heavy atom. The van der Waals surface area contributed by atoms with E-state index in [-0.39, 0.29) is 30.3 Å². The maximum Gasteiger partial charge on any atom is 0.243 e. The number of likely N-dealkylation sites (N-methyl/N-ethyl adjacent to an activating group) is 1. The summed E-state index contributed by atoms with van der Waals surface area (Å²) in [5.74, 6) is 0.708. The average Bonchev–Trinajstić information content (AvgIpc) is 2.97. The molecule has 1 fully saturated rings. The number of carbonyl (C=O) groups is 2. The molecule has 1 aliphatic heterocycles. The number of nitrogens with zero attached hydrogens (tertiary/aromatic N) is 3. The lowest BCUT2D eigenvalue weighted by molar-refractivity contribution is -0.128. The zero-order valence-corrected chi connectivity index (χ0v) is 17.1. The van der Waals surface area contributed by atoms with Gasteiger partial charge in [-0.15, -0.1) is 0 Å². The number of ether oxygens (including phenoxy) is 1. The van der Waals surface area contributed by atoms with E-state index < -0.39 is 0 Å². The summed E-state index contributed by atoms with van der Waals surface area (Å²) in [5.41, 5.74) is 1.12. The number of guanidine groups is 1. The van der Waals surface area contributed by atoms with Crippen molar-refractivity contribution in [1.29, 1.82) is 0 Å². The van der Waals surface area contributed by atoms with Crippen molar-refractivity contribution < 1.29 is 14.3 Å². The fourth-order valence-electron chi connectivity index (χ4n) is 3.24. The number of benzene rings is 1. The molecule has 0 saturated carbocycles. The lowest BCUT2D eigenvalue weighted by Crippen LogP contribution is -2.42. The predicted molar refractivity (Wildman–Crippen MR) is 109 cm³/mol. The fourth-order valence-corrected chi connectivity index (χ4v) is 3.24. The van der Waals surface area contributed by atoms with Crippen molar-refractivity contribution in [3.8, 4) is 0 Å². The molecule has 2 amide bonds. The lowest BCUT2D eigenvalue weighted by Gasteiger charge is -2.26. The molecular weight excluding hydrogens is 358 g/mol. The number of aliphatic imine (C=N–C) groups is 1. The van der Waals surface area contributed by atoms with Crippen LogP contribution in [0.4, 0.5) is 0 Å². The normalized spacial score (nSPS) is 19.6. The van der Waals surface area contributed by atoms with Crippen molar-refractivity contribution in [1.82, 2.24) is 20.4 Å². The highest BCUT2D eigenvalue weighted by atomic mass is 16.5. The first kappa shape index (κ1) is 21.7. The van der Waals surface area contributed by atoms with Crippen LogP contribution in [0.5, 0.6) is 0 Å². The SMILES string of the molecule is COCCNC(=NCC(=O)N(C)C)NCC1CC(=O)N(C)C1c1ccccc1. The number of hydrogen-bond donors (Lipinski definition) is 2. The van der Waals surface area contributed by atoms with Gasteiger partial charge in [0.1, 0.15) is 6.54 Å². The number of carbonyl (C=O) groups excluding carboxylic acids is 2. The minimum Gasteiger partial charge on any atom is -0.383 e. The second kappa shape index (κ2) is 10.7. The Labute approximate surface area is 166 Å². The number of methoxy groups -OCH3 is 1. The zero-order chi connectivity index (χ0) is 20.5. The molecule has 1 aliphatic rings. The summed E-state index contributed by atoms with van der Waals surface area (Å²) in [4.78, 5) is 31.8. The number of hydrogen-bond acceptors (Lipinski definition) is 4. The third-order valence-electron chi connectivity index (χ3n) is 4.84. The van der Waals surface area contributed by atoms with Gasteiger partial charge in [-0.1, -0.05) is 30.3 Å². The highest BCUT2D eigenvalue weighted by molar-refractivity contribution is 5.85. The molecule has 28 heavy (non-hydrogen) atoms. The van der Waals surface area contributed by atoms with Gasteiger partial charge >= 0.3 is 0 Å². The molecule has 0 spiro atoms. The van der Waals surface area contributed by atoms with E-state index >= 15 is 0 Å². The van der Waals surface area contributed by atoms with E-state index in [0.29, 0.717) is 32.1 Å². The van der Waals surface area contributed by atoms with Gasteiger partial charge < -0.3 is 25.2 Å². The van der Waals surface area contributed by atoms with Crippen molar-refractivity contribution >= 4 is 17.8 Å². The Bertz CT molecular complexity index is 678. The van der Waals surface area contributed by atoms with Gasteiger partial charge in [0.25, 0.3) is 0 Å². The van der Waals surface area contributed by atoms with Gasteiger partial charge in [-0.3, -0.25) is 9.59 Å². The number of likely N-dealkylation sites (tertiary alicyclic amines) is 1. The van der Waals surface area contributed by atoms with E-state index in [0.717, 1.165) is 5.56 Å². The molecular formula is C20H31N5O3. The molecule has 0 bridgehead atoms. The van der Waals surface area contributed by atoms with Gasteiger partial charge in [0.05, 0.1) is 12.6 Å². The molecule has 0 aliphatic carbocycles. The van der Waals surface area contributed by atoms with Gasteiger partial charge in [0.2, 0.25) is 11.8 Å². The minimum atomic E-state index is -0.0780. The predicted octanol–water partition coefficient (Wildman–Crippen LogP) is 0.476. The van der Waals surface area contributed by atoms with Crippen molar-refractivity contribution in [2.24, 2.45) is 10.9 Å². The van der Waals surface area contributed by atoms with Crippen LogP contribution < -0.4 is 10.6 Å². The third-order valence-corrected chi connectivity index (χ3v) is 4.84. The number of rotatable bonds is 8. The van der Waals surface area contributed by atoms with Crippen molar-refractivity contribution in [3.05, 3.63) is 35.9 Å². The van der Waals surface area contributed by atoms with Gasteiger partial charge in [-0.25, -0.2) is 4.99 Å². The fraction of sp³-hybridized carbons (Fsp3) is 0.550. The van der Waals surface area contributed by atoms with Gasteiger partial charge in [-0.05, 0) is 5.56 Å². The molecule has 1 heterocycles. The van der Waals surface area contributed by atoms with Crippen LogP contribution in [-0.2, 0) is 14.3 Å². The molecule has 0 radical (unpaired) electrons. The van der Waals surface area contributed by atoms with Crippen LogP contribution in [0.2, 0.25) is 0 Å². The summed E-state index contributed by atoms with van der Waals surface area (Å²) in [6, 6.07) is 10.1. The van der Waals surface area contributed by atoms with Crippen molar-refractivity contribution in [3.63, 3.8) is 0 Å². The van der Waals surface area contributed by atoms with Crippen LogP contribution in [0.1, 0.15) is 18.0 Å². The van der Waals surface area contributed by atoms with Crippen LogP contribution >= 0.6 is 0 Å². The Morgan fingerprint density at radius 2 is 2.00 bits per heavy atom. The Balaban J connectivity index is 2.05. The Morgan fingerprint density at radius 1 is 1.29 bits per heavy atom. The summed E-state index contributed by atoms with van der Waals surface area (Å²) in [6.45, 7) is 1.73. The molecule has 2 rings (SSSR count). The highest BCUT2D eigenvalue weighted by Gasteiger charge is 2.38. The summed E-state index contributed by atoms with van der Waals surface area (Å²) < 4.78 is 5.07. The molecule has 1 aromatic carbocycles. The smallest absolute Gasteiger partial charge is 0.243 e. The molecule has 1 saturated heterocycles. The topological polar surface area (TPSA) is 86.3 Å². The van der Waals surface area contributed by atoms with Crippen LogP contribution in [0.3, 0.4) is 0 Å². The first-order chi connectivity index (χ1) is 13.4. The molecule has 2 atom stereocenters. The Kier molecular flexibility index (Phi) is 8.25. The summed E-state index contributed by atoms with van der Waals surface area (Å²) in [5, 5.41) is 6.45. The molecule has 8 nitrogen and oxygen atoms in total. The highest BCUT2D eigenvalue weighted by Crippen LogP contribution is 2.36. The zero-order valence-electron chi connectivity index (χ0n) is 17.1. The van der Waals surface area contributed by atoms with Gasteiger partial charge in [-0.2, -0.15) is 0 Å². The molecule has 1 aromatic rings. The summed E-state index contributed by atoms with van der Waals surface area (Å²) in [7, 11) is 6.88. The van der Waals surface area contributed by atoms with E-state index in [4.69, 9.17) is 4.74 Å². The van der Waals surface area contributed by atoms with E-state index in [2.05, 4.69) is 15.6 Å². The van der Waals surface area contributed by atoms with Crippen LogP contribution in [0, 0.1) is 5.92 Å². The van der Waals surface area contributed by atoms with Crippen LogP contribution in [0.15, 0.2) is 35.3 Å². The summed E-state index contributed by atoms with van der Waals surface area (Å²) in [6.07, 6.45) is 0.477. The quantitative estimate of drug-likeness (QED) is 0.384. The monoisotopic (exact) mass is 389 g/mol. The van der Waals surface area contributed by atoms with Crippen molar-refractivity contribution in [2.75, 3.05) is 54.5 Å². The first-order valence-corrected chi connectivity index (χ1v) is 9.46. The van der Waals surface area contributed by atoms with Gasteiger partial charge in [0, 0.05) is 53.7 Å². The summed E-state index contributed by atoms with van der Waals surface area (Å²) >= 11 is 0. The van der Waals surface area contributed by atoms with Crippen molar-refractivity contribution in [2.45, 2.75) is 12.5 Å². The molecule has 8 heteroatoms. The second-order valence-corrected chi connectivity index (χ2v) is 7.08. The van der Waals surface area contributed by atoms with Crippen LogP contribution in [0.25, 0.3) is 0 Å². The van der Waals surface area contributed by atoms with E-state index in [1.807, 2.05) is 42.3 Å². The minimum absolute atomic E-state index is 0.0184. The third kappa shape index (κ3) is 5.95. The second-order valence-electron chi connectivity index (χ2n) is 7.08. The molecule has 2 N–H and O–H groups in total. The van der Waals surface area contributed by atoms with E-state index in [9.17, 15) is 9.59 Å². The lowest BCUT2D eigenvalue weighted by atomic mass is 9.94. The van der Waals surface area contributed by atoms with Crippen LogP contribution in [-0.4, -0.2) is 82.1 Å². The Hall–Kier alpha value is -2.61. The van der Waals surface area contributed by atoms with E-state index in [1.165, 1.54) is 4.90 Å². The maximum absolute atomic E-state index is 12.3. The maximum atomic E-state index is 12.3. The average molecular weight is 390 g/mol. The standard InChI is InChI=1S/C20H31N5O3/c1-24(2)18(27)14-23-20(21-10-11-28-4)22-13-16-12-17(26)25(3)19(16)15-8-6-5-7-9-15/h5-9,16,19H,10-14H2,1-4H3,(H2,21,22,23). The molecule has 154 valence electrons. The van der Waals surface area contributed by atoms with Gasteiger partial charge in [0.15, 0.2) is 5.96 Å². The number of nitrogens with one attached hydrogen (secondary N) is 2. The first-order valence-electron chi connectivity index (χ1n) is 9.46. The largest absolute Gasteiger partial charge is 0.383 e.